The number of rotatable bonds is 3. The van der Waals surface area contributed by atoms with E-state index in [-0.39, 0.29) is 11.5 Å². The average molecular weight is 273 g/mol. The molecule has 106 valence electrons. The van der Waals surface area contributed by atoms with Crippen molar-refractivity contribution < 1.29 is 9.90 Å². The summed E-state index contributed by atoms with van der Waals surface area (Å²) in [4.78, 5) is 15.8. The molecule has 0 aromatic carbocycles. The third-order valence-corrected chi connectivity index (χ3v) is 3.47. The van der Waals surface area contributed by atoms with E-state index in [4.69, 9.17) is 0 Å². The van der Waals surface area contributed by atoms with Gasteiger partial charge in [0.15, 0.2) is 0 Å². The lowest BCUT2D eigenvalue weighted by Gasteiger charge is -2.11. The number of carboxylic acids is 1. The molecule has 0 fully saturated rings. The normalized spacial score (nSPS) is 11.1. The van der Waals surface area contributed by atoms with Gasteiger partial charge in [0, 0.05) is 18.3 Å². The highest BCUT2D eigenvalue weighted by molar-refractivity contribution is 5.89. The smallest absolute Gasteiger partial charge is 0.337 e. The molecule has 0 amide bonds. The molecule has 1 N–H and O–H groups in total. The molecule has 0 aliphatic heterocycles. The topological polar surface area (TPSA) is 68.0 Å². The fourth-order valence-corrected chi connectivity index (χ4v) is 2.38. The van der Waals surface area contributed by atoms with Gasteiger partial charge in [0.1, 0.15) is 0 Å². The van der Waals surface area contributed by atoms with Crippen LogP contribution in [0.3, 0.4) is 0 Å². The van der Waals surface area contributed by atoms with Gasteiger partial charge in [-0.2, -0.15) is 5.10 Å². The Balaban J connectivity index is 2.65. The van der Waals surface area contributed by atoms with Crippen LogP contribution in [0, 0.1) is 13.8 Å². The maximum atomic E-state index is 11.3. The number of pyridine rings is 1. The number of nitrogens with zero attached hydrogens (tertiary/aromatic N) is 3. The minimum atomic E-state index is -0.938. The Kier molecular flexibility index (Phi) is 3.61. The molecule has 5 nitrogen and oxygen atoms in total. The lowest BCUT2D eigenvalue weighted by molar-refractivity contribution is 0.0694. The van der Waals surface area contributed by atoms with Crippen LogP contribution in [0.2, 0.25) is 0 Å². The molecule has 0 atom stereocenters. The van der Waals surface area contributed by atoms with Crippen molar-refractivity contribution in [3.8, 4) is 11.3 Å². The minimum Gasteiger partial charge on any atom is -0.478 e. The molecule has 20 heavy (non-hydrogen) atoms. The van der Waals surface area contributed by atoms with Crippen LogP contribution in [0.25, 0.3) is 11.3 Å². The maximum absolute atomic E-state index is 11.3. The summed E-state index contributed by atoms with van der Waals surface area (Å²) in [6.07, 6.45) is 0. The molecule has 2 heterocycles. The summed E-state index contributed by atoms with van der Waals surface area (Å²) >= 11 is 0. The second-order valence-electron chi connectivity index (χ2n) is 5.26. The zero-order valence-electron chi connectivity index (χ0n) is 12.4. The number of carboxylic acid groups (broad SMARTS) is 1. The third kappa shape index (κ3) is 2.31. The van der Waals surface area contributed by atoms with Gasteiger partial charge in [-0.3, -0.25) is 9.67 Å². The summed E-state index contributed by atoms with van der Waals surface area (Å²) in [7, 11) is 1.89. The number of hydrogen-bond donors (Lipinski definition) is 1. The standard InChI is InChI=1S/C15H19N3O2/c1-8(2)14-11(15(19)20)6-7-12(16-14)13-9(3)17-18(5)10(13)4/h6-8H,1-5H3,(H,19,20). The molecule has 0 radical (unpaired) electrons. The molecule has 5 heteroatoms. The van der Waals surface area contributed by atoms with Gasteiger partial charge in [-0.05, 0) is 31.9 Å². The van der Waals surface area contributed by atoms with Crippen LogP contribution in [-0.4, -0.2) is 25.8 Å². The van der Waals surface area contributed by atoms with Crippen LogP contribution in [0.4, 0.5) is 0 Å². The highest BCUT2D eigenvalue weighted by Crippen LogP contribution is 2.28. The molecule has 0 spiro atoms. The van der Waals surface area contributed by atoms with Gasteiger partial charge < -0.3 is 5.11 Å². The largest absolute Gasteiger partial charge is 0.478 e. The Hall–Kier alpha value is -2.17. The van der Waals surface area contributed by atoms with E-state index >= 15 is 0 Å². The van der Waals surface area contributed by atoms with E-state index in [9.17, 15) is 9.90 Å². The average Bonchev–Trinajstić information content (AvgIpc) is 2.62. The Morgan fingerprint density at radius 3 is 2.40 bits per heavy atom. The van der Waals surface area contributed by atoms with Gasteiger partial charge in [0.2, 0.25) is 0 Å². The number of hydrogen-bond acceptors (Lipinski definition) is 3. The fraction of sp³-hybridized carbons (Fsp3) is 0.400. The number of carbonyl (C=O) groups is 1. The third-order valence-electron chi connectivity index (χ3n) is 3.47. The second-order valence-corrected chi connectivity index (χ2v) is 5.26. The SMILES string of the molecule is Cc1nn(C)c(C)c1-c1ccc(C(=O)O)c(C(C)C)n1. The molecule has 2 rings (SSSR count). The molecule has 0 bridgehead atoms. The summed E-state index contributed by atoms with van der Waals surface area (Å²) in [6, 6.07) is 3.39. The summed E-state index contributed by atoms with van der Waals surface area (Å²) in [5, 5.41) is 13.6. The first-order valence-corrected chi connectivity index (χ1v) is 6.57. The van der Waals surface area contributed by atoms with E-state index in [1.54, 1.807) is 12.1 Å². The van der Waals surface area contributed by atoms with Gasteiger partial charge in [0.25, 0.3) is 0 Å². The molecular formula is C15H19N3O2. The van der Waals surface area contributed by atoms with Crippen molar-refractivity contribution >= 4 is 5.97 Å². The Bertz CT molecular complexity index is 672. The Morgan fingerprint density at radius 1 is 1.30 bits per heavy atom. The number of aromatic carboxylic acids is 1. The molecule has 2 aromatic rings. The van der Waals surface area contributed by atoms with Crippen molar-refractivity contribution in [1.29, 1.82) is 0 Å². The summed E-state index contributed by atoms with van der Waals surface area (Å²) in [5.41, 5.74) is 4.55. The van der Waals surface area contributed by atoms with Crippen LogP contribution >= 0.6 is 0 Å². The van der Waals surface area contributed by atoms with Gasteiger partial charge in [0.05, 0.1) is 22.6 Å². The van der Waals surface area contributed by atoms with Crippen LogP contribution in [0.5, 0.6) is 0 Å². The van der Waals surface area contributed by atoms with Crippen LogP contribution < -0.4 is 0 Å². The van der Waals surface area contributed by atoms with Crippen molar-refractivity contribution in [2.24, 2.45) is 7.05 Å². The van der Waals surface area contributed by atoms with Crippen molar-refractivity contribution in [2.75, 3.05) is 0 Å². The second kappa shape index (κ2) is 5.07. The highest BCUT2D eigenvalue weighted by atomic mass is 16.4. The maximum Gasteiger partial charge on any atom is 0.337 e. The molecule has 0 saturated carbocycles. The number of aromatic nitrogens is 3. The molecular weight excluding hydrogens is 254 g/mol. The number of aryl methyl sites for hydroxylation is 2. The van der Waals surface area contributed by atoms with E-state index in [0.717, 1.165) is 22.6 Å². The predicted octanol–water partition coefficient (Wildman–Crippen LogP) is 2.92. The lowest BCUT2D eigenvalue weighted by atomic mass is 10.0. The van der Waals surface area contributed by atoms with E-state index in [0.29, 0.717) is 5.69 Å². The first-order chi connectivity index (χ1) is 9.32. The molecule has 0 unspecified atom stereocenters. The monoisotopic (exact) mass is 273 g/mol. The minimum absolute atomic E-state index is 0.0540. The Morgan fingerprint density at radius 2 is 1.95 bits per heavy atom. The van der Waals surface area contributed by atoms with Gasteiger partial charge in [-0.15, -0.1) is 0 Å². The van der Waals surface area contributed by atoms with E-state index in [1.165, 1.54) is 0 Å². The van der Waals surface area contributed by atoms with Crippen LogP contribution in [0.1, 0.15) is 47.2 Å². The molecule has 0 aliphatic rings. The van der Waals surface area contributed by atoms with Crippen molar-refractivity contribution in [3.63, 3.8) is 0 Å². The first kappa shape index (κ1) is 14.2. The molecule has 0 saturated heterocycles. The van der Waals surface area contributed by atoms with Crippen molar-refractivity contribution in [2.45, 2.75) is 33.6 Å². The fourth-order valence-electron chi connectivity index (χ4n) is 2.38. The van der Waals surface area contributed by atoms with Crippen LogP contribution in [0.15, 0.2) is 12.1 Å². The highest BCUT2D eigenvalue weighted by Gasteiger charge is 2.18. The predicted molar refractivity (Wildman–Crippen MR) is 77.0 cm³/mol. The lowest BCUT2D eigenvalue weighted by Crippen LogP contribution is -2.07. The first-order valence-electron chi connectivity index (χ1n) is 6.57. The molecule has 0 aliphatic carbocycles. The van der Waals surface area contributed by atoms with Gasteiger partial charge in [-0.25, -0.2) is 4.79 Å². The zero-order chi connectivity index (χ0) is 15.0. The summed E-state index contributed by atoms with van der Waals surface area (Å²) in [5.74, 6) is -0.884. The zero-order valence-corrected chi connectivity index (χ0v) is 12.4. The van der Waals surface area contributed by atoms with E-state index in [1.807, 2.05) is 39.4 Å². The summed E-state index contributed by atoms with van der Waals surface area (Å²) in [6.45, 7) is 7.81. The van der Waals surface area contributed by atoms with Crippen molar-refractivity contribution in [3.05, 3.63) is 34.8 Å². The van der Waals surface area contributed by atoms with E-state index < -0.39 is 5.97 Å². The Labute approximate surface area is 118 Å². The van der Waals surface area contributed by atoms with Gasteiger partial charge in [-0.1, -0.05) is 13.8 Å². The summed E-state index contributed by atoms with van der Waals surface area (Å²) < 4.78 is 1.81. The van der Waals surface area contributed by atoms with Gasteiger partial charge >= 0.3 is 5.97 Å². The quantitative estimate of drug-likeness (QED) is 0.933. The van der Waals surface area contributed by atoms with Crippen molar-refractivity contribution in [1.82, 2.24) is 14.8 Å². The molecule has 2 aromatic heterocycles. The van der Waals surface area contributed by atoms with Crippen LogP contribution in [-0.2, 0) is 7.05 Å². The van der Waals surface area contributed by atoms with E-state index in [2.05, 4.69) is 10.1 Å².